The minimum atomic E-state index is -0.299. The number of ether oxygens (including phenoxy) is 14. The maximum atomic E-state index is 12.1. The number of nitrogens with zero attached hydrogens (tertiary/aromatic N) is 14. The minimum Gasteiger partial charge on any atom is -0.378 e. The average Bonchev–Trinajstić information content (AvgIpc) is 1.64. The Morgan fingerprint density at radius 3 is 1.24 bits per heavy atom. The summed E-state index contributed by atoms with van der Waals surface area (Å²) in [5.41, 5.74) is 0.861. The Kier molecular flexibility index (Phi) is 59.1. The number of unbranched alkanes of at least 4 members (excludes halogenated alkanes) is 2. The van der Waals surface area contributed by atoms with Crippen molar-refractivity contribution in [3.8, 4) is 0 Å². The van der Waals surface area contributed by atoms with E-state index < -0.39 is 0 Å². The van der Waals surface area contributed by atoms with Gasteiger partial charge in [-0.05, 0) is 162 Å². The van der Waals surface area contributed by atoms with Crippen LogP contribution in [0, 0.1) is 11.8 Å². The Balaban J connectivity index is 0.000000208. The number of thioether (sulfide) groups is 7. The van der Waals surface area contributed by atoms with Crippen LogP contribution in [0.5, 0.6) is 0 Å². The van der Waals surface area contributed by atoms with E-state index in [0.717, 1.165) is 198 Å². The quantitative estimate of drug-likeness (QED) is 0.0257. The van der Waals surface area contributed by atoms with Crippen LogP contribution in [-0.2, 0) is 79.2 Å². The zero-order valence-corrected chi connectivity index (χ0v) is 95.6. The fourth-order valence-electron chi connectivity index (χ4n) is 14.4. The largest absolute Gasteiger partial charge is 0.378 e. The third-order valence-corrected chi connectivity index (χ3v) is 29.3. The molecule has 37 nitrogen and oxygen atoms in total. The molecule has 14 rings (SSSR count). The maximum absolute atomic E-state index is 12.1. The Hall–Kier alpha value is -6.48. The second kappa shape index (κ2) is 69.2. The minimum absolute atomic E-state index is 0.00311. The van der Waals surface area contributed by atoms with Gasteiger partial charge in [-0.15, -0.1) is 82.3 Å². The summed E-state index contributed by atoms with van der Waals surface area (Å²) in [4.78, 5) is 84.3. The van der Waals surface area contributed by atoms with Crippen molar-refractivity contribution in [2.45, 2.75) is 302 Å². The summed E-state index contributed by atoms with van der Waals surface area (Å²) >= 11 is 12.1. The van der Waals surface area contributed by atoms with Gasteiger partial charge in [-0.3, -0.25) is 28.3 Å². The van der Waals surface area contributed by atoms with Crippen LogP contribution in [0.3, 0.4) is 0 Å². The lowest BCUT2D eigenvalue weighted by molar-refractivity contribution is -0.0569. The highest BCUT2D eigenvalue weighted by Gasteiger charge is 2.38. The van der Waals surface area contributed by atoms with Gasteiger partial charge < -0.3 is 108 Å². The topological polar surface area (TPSA) is 376 Å². The van der Waals surface area contributed by atoms with Crippen LogP contribution in [-0.4, -0.2) is 297 Å². The molecule has 5 N–H and O–H groups in total. The van der Waals surface area contributed by atoms with Crippen molar-refractivity contribution in [1.82, 2.24) is 68.9 Å². The summed E-state index contributed by atoms with van der Waals surface area (Å²) in [6.45, 7) is 61.3. The third-order valence-electron chi connectivity index (χ3n) is 21.7. The summed E-state index contributed by atoms with van der Waals surface area (Å²) in [5.74, 6) is 12.3. The highest BCUT2D eigenvalue weighted by molar-refractivity contribution is 8.01. The van der Waals surface area contributed by atoms with Crippen LogP contribution in [0.15, 0.2) is 145 Å². The molecule has 0 radical (unpaired) electrons. The monoisotopic (exact) mass is 2170 g/mol. The molecule has 10 aliphatic rings. The standard InChI is InChI=1S/2C15H25N3O2S.2C15H24N2O3S.2C14H23N3O3S.C14H25N3O2S/c1-5-19-9-15-20-14(10-21-15)18-7-6-13(17-12(18)4)16-8-11(2)3;1-4-6-8-16-13-7-9-18(12(3)17-13)14-11-21-15(20-14)10-19-5-2;1-4-5-12-6-7-17(15(18)16-12)13-10-21-14(20-13)9-19-8-11(2)3;1-3-5-9-19-10-14-20-13(11-21-14)17-8-7-12(6-4-2)16-15(17)18;1-5-19-8-12-20-11(9-21-12)17-7-6-10(15-13(17)18)16-14(2,3)4;1-3-6-15-11-5-7-17(14(18)16-11)12-10-21-13(20-12)9-19-8-4-2;1-10(2)16-12-5-6-17(9-15-12)13-8-20-14(19-13)7-18-11(3)4/h6-7,11,14-15H,4-5,8-10H2,1-3H3,(H,16,17);7,9,14-15H,3-6,8,10-11H2,1-2H3,(H,16,17);6-7,11,13-14H,4-5,8-10H2,1-3H3;7-8,13-14H,3-6,9-11H2,1-2H3;6-7,11-12H,5,8-9H2,1-4H3,(H,15,16,18);5,7,12-13H,3-4,6,8-10H2,1-2H3,(H,15,16,18);5-6,10-11,13-14H,7-9H2,1-4H3,(H,15,16)/t2*14-,15+;2*13-,14+;11-,12+;12-,13+;13-,14+/m1111111/s1. The molecule has 14 atom stereocenters. The first-order valence-electron chi connectivity index (χ1n) is 51.9. The number of hydrogen-bond acceptors (Lipinski definition) is 38. The Bertz CT molecular complexity index is 4880. The Morgan fingerprint density at radius 2 is 0.849 bits per heavy atom. The van der Waals surface area contributed by atoms with Gasteiger partial charge in [0.05, 0.1) is 52.4 Å². The van der Waals surface area contributed by atoms with Gasteiger partial charge in [0.25, 0.3) is 0 Å². The number of amidine groups is 3. The molecule has 0 saturated carbocycles. The summed E-state index contributed by atoms with van der Waals surface area (Å²) < 4.78 is 86.0. The molecule has 0 spiro atoms. The molecule has 146 heavy (non-hydrogen) atoms. The summed E-state index contributed by atoms with van der Waals surface area (Å²) in [7, 11) is 0. The van der Waals surface area contributed by atoms with Crippen molar-refractivity contribution >= 4 is 111 Å². The van der Waals surface area contributed by atoms with E-state index in [-0.39, 0.29) is 116 Å². The van der Waals surface area contributed by atoms with Gasteiger partial charge in [-0.25, -0.2) is 24.2 Å². The van der Waals surface area contributed by atoms with Crippen molar-refractivity contribution in [3.05, 3.63) is 164 Å². The molecule has 0 unspecified atom stereocenters. The van der Waals surface area contributed by atoms with Crippen LogP contribution < -0.4 is 49.3 Å². The highest BCUT2D eigenvalue weighted by atomic mass is 32.2. The molecule has 7 saturated heterocycles. The van der Waals surface area contributed by atoms with Gasteiger partial charge in [0.15, 0.2) is 0 Å². The fraction of sp³-hybridized carbons (Fsp3) is 0.716. The van der Waals surface area contributed by atoms with E-state index in [9.17, 15) is 19.2 Å². The van der Waals surface area contributed by atoms with Crippen molar-refractivity contribution in [2.75, 3.05) is 163 Å². The van der Waals surface area contributed by atoms with Crippen LogP contribution in [0.2, 0.25) is 0 Å². The zero-order chi connectivity index (χ0) is 106. The molecule has 10 aliphatic heterocycles. The van der Waals surface area contributed by atoms with E-state index in [1.165, 1.54) is 4.57 Å². The first-order valence-corrected chi connectivity index (χ1v) is 59.2. The van der Waals surface area contributed by atoms with E-state index in [1.54, 1.807) is 115 Å². The summed E-state index contributed by atoms with van der Waals surface area (Å²) in [5, 5.41) is 16.1. The molecule has 14 heterocycles. The van der Waals surface area contributed by atoms with E-state index >= 15 is 0 Å². The molecular formula is C102H169N19O18S7. The van der Waals surface area contributed by atoms with Gasteiger partial charge in [0, 0.05) is 166 Å². The smallest absolute Gasteiger partial charge is 0.351 e. The van der Waals surface area contributed by atoms with Crippen LogP contribution >= 0.6 is 82.3 Å². The summed E-state index contributed by atoms with van der Waals surface area (Å²) in [6.07, 6.45) is 28.6. The molecule has 7 fully saturated rings. The molecule has 4 aromatic heterocycles. The number of aliphatic imine (C=N–C) groups is 3. The lowest BCUT2D eigenvalue weighted by Gasteiger charge is -2.32. The van der Waals surface area contributed by atoms with Crippen LogP contribution in [0.25, 0.3) is 0 Å². The molecular weight excluding hydrogens is 2000 g/mol. The first-order chi connectivity index (χ1) is 70.3. The Labute approximate surface area is 896 Å². The fourth-order valence-corrected chi connectivity index (χ4v) is 21.5. The summed E-state index contributed by atoms with van der Waals surface area (Å²) in [6, 6.07) is 7.83. The van der Waals surface area contributed by atoms with Gasteiger partial charge >= 0.3 is 22.8 Å². The first kappa shape index (κ1) is 125. The number of hydrogen-bond donors (Lipinski definition) is 5. The van der Waals surface area contributed by atoms with Crippen molar-refractivity contribution < 1.29 is 66.3 Å². The third kappa shape index (κ3) is 46.2. The van der Waals surface area contributed by atoms with Gasteiger partial charge in [0.2, 0.25) is 0 Å². The normalized spacial score (nSPS) is 24.2. The van der Waals surface area contributed by atoms with E-state index in [2.05, 4.69) is 169 Å². The number of aromatic nitrogens is 8. The molecule has 822 valence electrons. The van der Waals surface area contributed by atoms with E-state index in [4.69, 9.17) is 66.3 Å². The lowest BCUT2D eigenvalue weighted by atomic mass is 10.1. The molecule has 4 aromatic rings. The lowest BCUT2D eigenvalue weighted by Crippen LogP contribution is -2.42. The van der Waals surface area contributed by atoms with Gasteiger partial charge in [-0.2, -0.15) is 19.9 Å². The second-order valence-electron chi connectivity index (χ2n) is 37.4. The molecule has 0 aliphatic carbocycles. The van der Waals surface area contributed by atoms with Gasteiger partial charge in [-0.1, -0.05) is 108 Å². The predicted molar refractivity (Wildman–Crippen MR) is 598 cm³/mol. The number of nitrogens with one attached hydrogen (secondary N) is 5. The van der Waals surface area contributed by atoms with Crippen LogP contribution in [0.4, 0.5) is 11.6 Å². The van der Waals surface area contributed by atoms with Crippen molar-refractivity contribution in [3.63, 3.8) is 0 Å². The van der Waals surface area contributed by atoms with E-state index in [1.807, 2.05) is 126 Å². The molecule has 0 bridgehead atoms. The highest BCUT2D eigenvalue weighted by Crippen LogP contribution is 2.37. The van der Waals surface area contributed by atoms with Crippen molar-refractivity contribution in [1.29, 1.82) is 0 Å². The number of anilines is 2. The number of aryl methyl sites for hydroxylation is 2. The molecule has 0 amide bonds. The molecule has 44 heteroatoms. The van der Waals surface area contributed by atoms with Crippen molar-refractivity contribution in [2.24, 2.45) is 26.8 Å². The molecule has 0 aromatic carbocycles. The number of rotatable bonds is 46. The Morgan fingerprint density at radius 1 is 0.445 bits per heavy atom. The van der Waals surface area contributed by atoms with E-state index in [0.29, 0.717) is 89.0 Å². The SMILES string of the molecule is C=C1NC(=NCC(C)C)C=CN1[C@H]1CS[C@@H](COCC)O1.C=C1NC(=NCCCC)C=CN1[C@H]1CS[C@@H](COCC)O1.CC(C)NC1=NCN([C@H]2CS[C@@H](COC(C)C)O2)C=C1.CCCCOC[C@H]1O[C@@H](n2ccc(CCC)nc2=O)CS1.CCCNc1ccn([C@H]2CS[C@@H](COCCC)O2)c(=O)n1.CCCc1ccn([C@H]2CS[C@@H](COCC(C)C)O2)c(=O)n1.CCOC[C@H]1O[C@@H](n2ccc(NC(C)(C)C)nc2=O)CS1. The maximum Gasteiger partial charge on any atom is 0.351 e. The predicted octanol–water partition coefficient (Wildman–Crippen LogP) is 16.1. The van der Waals surface area contributed by atoms with Crippen LogP contribution in [0.1, 0.15) is 226 Å². The second-order valence-corrected chi connectivity index (χ2v) is 45.8. The average molecular weight is 2170 g/mol. The van der Waals surface area contributed by atoms with Gasteiger partial charge in [0.1, 0.15) is 129 Å². The zero-order valence-electron chi connectivity index (χ0n) is 89.9.